The summed E-state index contributed by atoms with van der Waals surface area (Å²) in [6.07, 6.45) is 0.550. The molecule has 2 heterocycles. The average Bonchev–Trinajstić information content (AvgIpc) is 2.96. The minimum atomic E-state index is -4.74. The van der Waals surface area contributed by atoms with Crippen molar-refractivity contribution in [3.8, 4) is 5.75 Å². The van der Waals surface area contributed by atoms with E-state index in [0.717, 1.165) is 56.9 Å². The molecule has 1 atom stereocenters. The van der Waals surface area contributed by atoms with E-state index < -0.39 is 23.4 Å². The summed E-state index contributed by atoms with van der Waals surface area (Å²) >= 11 is 0. The highest BCUT2D eigenvalue weighted by molar-refractivity contribution is 5.94. The standard InChI is InChI=1S/C32H42F3N3O3/c1-4-24-20-26(9-10-28(24)29(36)39)37-15-11-22(12-16-37)19-23-13-17-38(18-14-23)30(40)31(3,32(33,34)35)25-7-6-8-27(21-25)41-5-2/h6-10,20-23H,4-5,11-19H2,1-3H3,(H2,36,39)/t31-/m0/s1. The van der Waals surface area contributed by atoms with Crippen molar-refractivity contribution in [2.45, 2.75) is 70.9 Å². The summed E-state index contributed by atoms with van der Waals surface area (Å²) in [6, 6.07) is 11.7. The van der Waals surface area contributed by atoms with E-state index in [1.807, 2.05) is 19.1 Å². The topological polar surface area (TPSA) is 75.9 Å². The number of hydrogen-bond donors (Lipinski definition) is 1. The van der Waals surface area contributed by atoms with Crippen molar-refractivity contribution < 1.29 is 27.5 Å². The van der Waals surface area contributed by atoms with Crippen molar-refractivity contribution in [1.82, 2.24) is 4.90 Å². The number of carbonyl (C=O) groups excluding carboxylic acids is 2. The number of primary amides is 1. The van der Waals surface area contributed by atoms with Crippen LogP contribution in [-0.2, 0) is 16.6 Å². The van der Waals surface area contributed by atoms with Gasteiger partial charge in [-0.2, -0.15) is 13.2 Å². The molecule has 0 radical (unpaired) electrons. The maximum absolute atomic E-state index is 14.4. The van der Waals surface area contributed by atoms with Crippen LogP contribution in [0.15, 0.2) is 42.5 Å². The zero-order chi connectivity index (χ0) is 29.8. The molecule has 0 unspecified atom stereocenters. The van der Waals surface area contributed by atoms with Crippen molar-refractivity contribution in [2.24, 2.45) is 17.6 Å². The van der Waals surface area contributed by atoms with E-state index in [9.17, 15) is 22.8 Å². The van der Waals surface area contributed by atoms with Gasteiger partial charge in [0.1, 0.15) is 5.75 Å². The predicted octanol–water partition coefficient (Wildman–Crippen LogP) is 6.11. The molecule has 2 aromatic rings. The van der Waals surface area contributed by atoms with E-state index in [2.05, 4.69) is 11.0 Å². The van der Waals surface area contributed by atoms with Crippen LogP contribution < -0.4 is 15.4 Å². The van der Waals surface area contributed by atoms with Crippen LogP contribution in [0.25, 0.3) is 0 Å². The van der Waals surface area contributed by atoms with Crippen molar-refractivity contribution in [2.75, 3.05) is 37.7 Å². The number of carbonyl (C=O) groups is 2. The predicted molar refractivity (Wildman–Crippen MR) is 154 cm³/mol. The van der Waals surface area contributed by atoms with Crippen molar-refractivity contribution in [1.29, 1.82) is 0 Å². The monoisotopic (exact) mass is 573 g/mol. The number of halogens is 3. The molecule has 2 aliphatic heterocycles. The lowest BCUT2D eigenvalue weighted by Gasteiger charge is -2.41. The molecule has 0 saturated carbocycles. The molecule has 2 aromatic carbocycles. The third-order valence-corrected chi connectivity index (χ3v) is 9.00. The molecule has 0 spiro atoms. The number of likely N-dealkylation sites (tertiary alicyclic amines) is 1. The van der Waals surface area contributed by atoms with Gasteiger partial charge in [-0.05, 0) is 106 Å². The number of nitrogens with two attached hydrogens (primary N) is 1. The summed E-state index contributed by atoms with van der Waals surface area (Å²) in [5.41, 5.74) is 5.42. The minimum absolute atomic E-state index is 0.0924. The van der Waals surface area contributed by atoms with E-state index in [4.69, 9.17) is 10.5 Å². The highest BCUT2D eigenvalue weighted by Gasteiger charge is 2.59. The van der Waals surface area contributed by atoms with Gasteiger partial charge in [-0.3, -0.25) is 9.59 Å². The summed E-state index contributed by atoms with van der Waals surface area (Å²) in [5, 5.41) is 0. The molecule has 224 valence electrons. The molecule has 4 rings (SSSR count). The Kier molecular flexibility index (Phi) is 9.55. The van der Waals surface area contributed by atoms with Gasteiger partial charge < -0.3 is 20.3 Å². The van der Waals surface area contributed by atoms with Crippen LogP contribution in [0.1, 0.15) is 74.4 Å². The molecule has 0 aromatic heterocycles. The van der Waals surface area contributed by atoms with E-state index in [1.165, 1.54) is 23.1 Å². The van der Waals surface area contributed by atoms with Gasteiger partial charge in [0.05, 0.1) is 6.61 Å². The number of alkyl halides is 3. The van der Waals surface area contributed by atoms with Gasteiger partial charge >= 0.3 is 6.18 Å². The molecule has 6 nitrogen and oxygen atoms in total. The van der Waals surface area contributed by atoms with Crippen LogP contribution in [0.3, 0.4) is 0 Å². The van der Waals surface area contributed by atoms with Crippen molar-refractivity contribution in [3.63, 3.8) is 0 Å². The Balaban J connectivity index is 1.33. The molecule has 2 N–H and O–H groups in total. The van der Waals surface area contributed by atoms with Crippen LogP contribution >= 0.6 is 0 Å². The second-order valence-corrected chi connectivity index (χ2v) is 11.5. The molecule has 2 fully saturated rings. The van der Waals surface area contributed by atoms with Crippen LogP contribution in [0.2, 0.25) is 0 Å². The SMILES string of the molecule is CCOc1cccc([C@@](C)(C(=O)N2CCC(CC3CCN(c4ccc(C(N)=O)c(CC)c4)CC3)CC2)C(F)(F)F)c1. The normalized spacial score (nSPS) is 18.7. The lowest BCUT2D eigenvalue weighted by molar-refractivity contribution is -0.198. The average molecular weight is 574 g/mol. The van der Waals surface area contributed by atoms with Crippen LogP contribution in [0.4, 0.5) is 18.9 Å². The zero-order valence-electron chi connectivity index (χ0n) is 24.3. The number of ether oxygens (including phenoxy) is 1. The van der Waals surface area contributed by atoms with Crippen molar-refractivity contribution in [3.05, 3.63) is 59.2 Å². The first-order valence-corrected chi connectivity index (χ1v) is 14.7. The number of hydrogen-bond acceptors (Lipinski definition) is 4. The number of amides is 2. The summed E-state index contributed by atoms with van der Waals surface area (Å²) in [6.45, 7) is 7.62. The number of aryl methyl sites for hydroxylation is 1. The van der Waals surface area contributed by atoms with Gasteiger partial charge in [0.15, 0.2) is 5.41 Å². The third-order valence-electron chi connectivity index (χ3n) is 9.00. The molecule has 2 amide bonds. The molecule has 2 saturated heterocycles. The number of anilines is 1. The Morgan fingerprint density at radius 1 is 0.951 bits per heavy atom. The first-order valence-electron chi connectivity index (χ1n) is 14.7. The molecule has 0 bridgehead atoms. The quantitative estimate of drug-likeness (QED) is 0.393. The molecule has 0 aliphatic carbocycles. The van der Waals surface area contributed by atoms with Gasteiger partial charge in [0.2, 0.25) is 11.8 Å². The first-order chi connectivity index (χ1) is 19.5. The van der Waals surface area contributed by atoms with Gasteiger partial charge in [-0.25, -0.2) is 0 Å². The maximum Gasteiger partial charge on any atom is 0.406 e. The van der Waals surface area contributed by atoms with Crippen molar-refractivity contribution >= 4 is 17.5 Å². The molecular formula is C32H42F3N3O3. The minimum Gasteiger partial charge on any atom is -0.494 e. The lowest BCUT2D eigenvalue weighted by atomic mass is 9.78. The summed E-state index contributed by atoms with van der Waals surface area (Å²) in [4.78, 5) is 28.9. The first kappa shape index (κ1) is 30.7. The Labute approximate surface area is 241 Å². The third kappa shape index (κ3) is 6.65. The summed E-state index contributed by atoms with van der Waals surface area (Å²) < 4.78 is 48.7. The Bertz CT molecular complexity index is 1220. The zero-order valence-corrected chi connectivity index (χ0v) is 24.3. The maximum atomic E-state index is 14.4. The Morgan fingerprint density at radius 3 is 2.15 bits per heavy atom. The summed E-state index contributed by atoms with van der Waals surface area (Å²) in [7, 11) is 0. The number of piperidine rings is 2. The van der Waals surface area contributed by atoms with Crippen LogP contribution in [0.5, 0.6) is 5.75 Å². The lowest BCUT2D eigenvalue weighted by Crippen LogP contribution is -2.55. The van der Waals surface area contributed by atoms with E-state index in [1.54, 1.807) is 13.0 Å². The molecule has 9 heteroatoms. The van der Waals surface area contributed by atoms with E-state index in [-0.39, 0.29) is 5.56 Å². The van der Waals surface area contributed by atoms with Gasteiger partial charge in [-0.1, -0.05) is 19.1 Å². The van der Waals surface area contributed by atoms with Gasteiger partial charge in [-0.15, -0.1) is 0 Å². The number of nitrogens with zero attached hydrogens (tertiary/aromatic N) is 2. The molecule has 41 heavy (non-hydrogen) atoms. The second kappa shape index (κ2) is 12.7. The molecule has 2 aliphatic rings. The smallest absolute Gasteiger partial charge is 0.406 e. The fourth-order valence-electron chi connectivity index (χ4n) is 6.37. The van der Waals surface area contributed by atoms with Crippen LogP contribution in [0, 0.1) is 11.8 Å². The summed E-state index contributed by atoms with van der Waals surface area (Å²) in [5.74, 6) is -0.0178. The Morgan fingerprint density at radius 2 is 1.59 bits per heavy atom. The highest BCUT2D eigenvalue weighted by Crippen LogP contribution is 2.44. The number of benzene rings is 2. The largest absolute Gasteiger partial charge is 0.494 e. The van der Waals surface area contributed by atoms with Crippen LogP contribution in [-0.4, -0.2) is 55.7 Å². The molecular weight excluding hydrogens is 531 g/mol. The number of rotatable bonds is 9. The van der Waals surface area contributed by atoms with E-state index in [0.29, 0.717) is 55.7 Å². The highest BCUT2D eigenvalue weighted by atomic mass is 19.4. The second-order valence-electron chi connectivity index (χ2n) is 11.5. The van der Waals surface area contributed by atoms with Gasteiger partial charge in [0, 0.05) is 37.4 Å². The van der Waals surface area contributed by atoms with E-state index >= 15 is 0 Å². The fraction of sp³-hybridized carbons (Fsp3) is 0.562. The Hall–Kier alpha value is -3.23. The fourth-order valence-corrected chi connectivity index (χ4v) is 6.37. The van der Waals surface area contributed by atoms with Gasteiger partial charge in [0.25, 0.3) is 0 Å².